The van der Waals surface area contributed by atoms with Gasteiger partial charge in [-0.3, -0.25) is 0 Å². The highest BCUT2D eigenvalue weighted by atomic mass is 14.9. The van der Waals surface area contributed by atoms with Crippen molar-refractivity contribution in [3.63, 3.8) is 0 Å². The Hall–Kier alpha value is -1.64. The molecule has 2 heterocycles. The van der Waals surface area contributed by atoms with E-state index in [0.717, 1.165) is 25.8 Å². The first-order valence-corrected chi connectivity index (χ1v) is 6.52. The molecule has 0 bridgehead atoms. The normalized spacial score (nSPS) is 10.5. The van der Waals surface area contributed by atoms with Crippen molar-refractivity contribution in [3.05, 3.63) is 49.1 Å². The van der Waals surface area contributed by atoms with Crippen LogP contribution in [-0.4, -0.2) is 7.85 Å². The molecule has 2 nitrogen and oxygen atoms in total. The quantitative estimate of drug-likeness (QED) is 0.555. The van der Waals surface area contributed by atoms with Crippen LogP contribution in [0.2, 0.25) is 6.32 Å². The van der Waals surface area contributed by atoms with E-state index in [1.165, 1.54) is 11.1 Å². The summed E-state index contributed by atoms with van der Waals surface area (Å²) < 4.78 is 4.33. The molecule has 0 N–H and O–H groups in total. The number of rotatable bonds is 5. The Labute approximate surface area is 110 Å². The lowest BCUT2D eigenvalue weighted by Crippen LogP contribution is -2.32. The molecule has 0 aromatic carbocycles. The van der Waals surface area contributed by atoms with Crippen molar-refractivity contribution in [2.24, 2.45) is 0 Å². The summed E-state index contributed by atoms with van der Waals surface area (Å²) in [6.07, 6.45) is 10.2. The van der Waals surface area contributed by atoms with E-state index in [9.17, 15) is 0 Å². The molecule has 0 spiro atoms. The molecule has 0 atom stereocenters. The van der Waals surface area contributed by atoms with E-state index in [4.69, 9.17) is 7.85 Å². The van der Waals surface area contributed by atoms with Crippen molar-refractivity contribution >= 4 is 7.85 Å². The van der Waals surface area contributed by atoms with Crippen LogP contribution >= 0.6 is 0 Å². The minimum Gasteiger partial charge on any atom is -0.205 e. The summed E-state index contributed by atoms with van der Waals surface area (Å²) in [6.45, 7) is 4.14. The van der Waals surface area contributed by atoms with Crippen LogP contribution in [0.15, 0.2) is 49.1 Å². The number of pyridine rings is 2. The molecule has 0 saturated carbocycles. The Morgan fingerprint density at radius 2 is 1.39 bits per heavy atom. The van der Waals surface area contributed by atoms with Crippen molar-refractivity contribution in [3.8, 4) is 11.1 Å². The zero-order valence-corrected chi connectivity index (χ0v) is 10.9. The smallest absolute Gasteiger partial charge is 0.169 e. The fourth-order valence-corrected chi connectivity index (χ4v) is 1.93. The van der Waals surface area contributed by atoms with E-state index in [1.54, 1.807) is 0 Å². The fraction of sp³-hybridized carbons (Fsp3) is 0.333. The highest BCUT2D eigenvalue weighted by molar-refractivity contribution is 6.08. The molecule has 2 aromatic heterocycles. The summed E-state index contributed by atoms with van der Waals surface area (Å²) >= 11 is 0. The van der Waals surface area contributed by atoms with Gasteiger partial charge in [-0.2, -0.15) is 0 Å². The van der Waals surface area contributed by atoms with Crippen LogP contribution in [0.25, 0.3) is 11.1 Å². The molecule has 0 saturated heterocycles. The fourth-order valence-electron chi connectivity index (χ4n) is 1.93. The Kier molecular flexibility index (Phi) is 4.51. The van der Waals surface area contributed by atoms with Crippen LogP contribution in [0.5, 0.6) is 0 Å². The summed E-state index contributed by atoms with van der Waals surface area (Å²) in [6, 6.07) is 8.62. The second-order valence-corrected chi connectivity index (χ2v) is 4.38. The molecule has 2 rings (SSSR count). The molecular formula is C15H19BN2+2. The van der Waals surface area contributed by atoms with E-state index in [1.807, 2.05) is 0 Å². The van der Waals surface area contributed by atoms with Crippen molar-refractivity contribution in [1.29, 1.82) is 0 Å². The monoisotopic (exact) mass is 238 g/mol. The molecule has 18 heavy (non-hydrogen) atoms. The third kappa shape index (κ3) is 3.19. The van der Waals surface area contributed by atoms with Gasteiger partial charge in [0.15, 0.2) is 24.8 Å². The summed E-state index contributed by atoms with van der Waals surface area (Å²) in [7, 11) is 5.51. The SMILES string of the molecule is [B]CCC[n+]1ccc(-c2cc[n+](CC)cc2)cc1. The van der Waals surface area contributed by atoms with Crippen molar-refractivity contribution in [1.82, 2.24) is 0 Å². The van der Waals surface area contributed by atoms with Gasteiger partial charge in [0.1, 0.15) is 13.1 Å². The molecule has 0 aliphatic rings. The van der Waals surface area contributed by atoms with E-state index >= 15 is 0 Å². The molecule has 0 amide bonds. The van der Waals surface area contributed by atoms with Gasteiger partial charge < -0.3 is 0 Å². The lowest BCUT2D eigenvalue weighted by Gasteiger charge is -2.00. The van der Waals surface area contributed by atoms with Gasteiger partial charge in [0.25, 0.3) is 0 Å². The molecule has 0 aliphatic heterocycles. The predicted octanol–water partition coefficient (Wildman–Crippen LogP) is 1.93. The van der Waals surface area contributed by atoms with Gasteiger partial charge in [-0.1, -0.05) is 6.32 Å². The van der Waals surface area contributed by atoms with E-state index in [-0.39, 0.29) is 0 Å². The third-order valence-corrected chi connectivity index (χ3v) is 3.10. The molecule has 90 valence electrons. The van der Waals surface area contributed by atoms with Gasteiger partial charge in [0.2, 0.25) is 0 Å². The highest BCUT2D eigenvalue weighted by Gasteiger charge is 2.04. The first kappa shape index (κ1) is 12.8. The average molecular weight is 238 g/mol. The van der Waals surface area contributed by atoms with Crippen LogP contribution < -0.4 is 9.13 Å². The summed E-state index contributed by atoms with van der Waals surface area (Å²) in [4.78, 5) is 0. The summed E-state index contributed by atoms with van der Waals surface area (Å²) in [5.74, 6) is 0. The number of aryl methyl sites for hydroxylation is 2. The topological polar surface area (TPSA) is 7.76 Å². The number of aromatic nitrogens is 2. The van der Waals surface area contributed by atoms with Crippen LogP contribution in [0, 0.1) is 0 Å². The standard InChI is InChI=1S/C15H19BN2/c1-2-17-10-4-14(5-11-17)15-6-12-18(13-7-15)9-3-8-16/h4-7,10-13H,2-3,8-9H2,1H3/q+2. The maximum atomic E-state index is 5.51. The Morgan fingerprint density at radius 1 is 0.889 bits per heavy atom. The minimum absolute atomic E-state index is 0.741. The molecule has 0 fully saturated rings. The van der Waals surface area contributed by atoms with Crippen LogP contribution in [0.3, 0.4) is 0 Å². The number of hydrogen-bond donors (Lipinski definition) is 0. The molecular weight excluding hydrogens is 219 g/mol. The van der Waals surface area contributed by atoms with Gasteiger partial charge in [-0.25, -0.2) is 9.13 Å². The van der Waals surface area contributed by atoms with Gasteiger partial charge in [0, 0.05) is 24.3 Å². The Bertz CT molecular complexity index is 477. The van der Waals surface area contributed by atoms with Crippen molar-refractivity contribution in [2.75, 3.05) is 0 Å². The second kappa shape index (κ2) is 6.34. The molecule has 0 unspecified atom stereocenters. The van der Waals surface area contributed by atoms with E-state index in [0.29, 0.717) is 0 Å². The Balaban J connectivity index is 2.12. The van der Waals surface area contributed by atoms with Gasteiger partial charge >= 0.3 is 0 Å². The van der Waals surface area contributed by atoms with Crippen molar-refractivity contribution in [2.45, 2.75) is 32.8 Å². The minimum atomic E-state index is 0.741. The van der Waals surface area contributed by atoms with Crippen LogP contribution in [0.4, 0.5) is 0 Å². The maximum Gasteiger partial charge on any atom is 0.169 e. The average Bonchev–Trinajstić information content (AvgIpc) is 2.46. The largest absolute Gasteiger partial charge is 0.205 e. The molecule has 0 aliphatic carbocycles. The van der Waals surface area contributed by atoms with E-state index < -0.39 is 0 Å². The van der Waals surface area contributed by atoms with Crippen LogP contribution in [0.1, 0.15) is 13.3 Å². The first-order chi connectivity index (χ1) is 8.83. The van der Waals surface area contributed by atoms with E-state index in [2.05, 4.69) is 65.1 Å². The number of hydrogen-bond acceptors (Lipinski definition) is 0. The first-order valence-electron chi connectivity index (χ1n) is 6.52. The van der Waals surface area contributed by atoms with Crippen molar-refractivity contribution < 1.29 is 9.13 Å². The molecule has 2 radical (unpaired) electrons. The van der Waals surface area contributed by atoms with Gasteiger partial charge in [-0.05, 0) is 24.5 Å². The Morgan fingerprint density at radius 3 is 1.83 bits per heavy atom. The second-order valence-electron chi connectivity index (χ2n) is 4.38. The summed E-state index contributed by atoms with van der Waals surface area (Å²) in [5, 5.41) is 0. The zero-order chi connectivity index (χ0) is 12.8. The van der Waals surface area contributed by atoms with Gasteiger partial charge in [0.05, 0.1) is 7.85 Å². The third-order valence-electron chi connectivity index (χ3n) is 3.10. The van der Waals surface area contributed by atoms with Gasteiger partial charge in [-0.15, -0.1) is 0 Å². The summed E-state index contributed by atoms with van der Waals surface area (Å²) in [5.41, 5.74) is 2.51. The molecule has 3 heteroatoms. The lowest BCUT2D eigenvalue weighted by atomic mass is 10.0. The number of nitrogens with zero attached hydrogens (tertiary/aromatic N) is 2. The maximum absolute atomic E-state index is 5.51. The lowest BCUT2D eigenvalue weighted by molar-refractivity contribution is -0.696. The predicted molar refractivity (Wildman–Crippen MR) is 73.1 cm³/mol. The van der Waals surface area contributed by atoms with Crippen LogP contribution in [-0.2, 0) is 13.1 Å². The molecule has 2 aromatic rings. The highest BCUT2D eigenvalue weighted by Crippen LogP contribution is 2.15. The zero-order valence-electron chi connectivity index (χ0n) is 10.9.